The van der Waals surface area contributed by atoms with E-state index in [-0.39, 0.29) is 5.91 Å². The summed E-state index contributed by atoms with van der Waals surface area (Å²) in [5, 5.41) is 14.5. The number of nitrogens with zero attached hydrogens (tertiary/aromatic N) is 2. The van der Waals surface area contributed by atoms with Crippen molar-refractivity contribution in [1.82, 2.24) is 10.2 Å². The number of aromatic nitrogens is 2. The van der Waals surface area contributed by atoms with E-state index >= 15 is 0 Å². The molecule has 0 aliphatic heterocycles. The molecule has 0 unspecified atom stereocenters. The summed E-state index contributed by atoms with van der Waals surface area (Å²) in [6.45, 7) is 0.684. The lowest BCUT2D eigenvalue weighted by molar-refractivity contribution is 0.102. The molecule has 138 valence electrons. The summed E-state index contributed by atoms with van der Waals surface area (Å²) in [6.07, 6.45) is 0.791. The zero-order valence-corrected chi connectivity index (χ0v) is 15.5. The van der Waals surface area contributed by atoms with Crippen molar-refractivity contribution in [3.05, 3.63) is 76.8 Å². The van der Waals surface area contributed by atoms with Crippen LogP contribution in [0.15, 0.2) is 60.7 Å². The molecule has 0 saturated heterocycles. The van der Waals surface area contributed by atoms with Gasteiger partial charge in [0.15, 0.2) is 5.82 Å². The number of hydrogen-bond donors (Lipinski definition) is 2. The van der Waals surface area contributed by atoms with Gasteiger partial charge in [-0.1, -0.05) is 35.9 Å². The highest BCUT2D eigenvalue weighted by Gasteiger charge is 2.08. The van der Waals surface area contributed by atoms with Crippen molar-refractivity contribution < 1.29 is 9.53 Å². The van der Waals surface area contributed by atoms with E-state index in [4.69, 9.17) is 16.3 Å². The van der Waals surface area contributed by atoms with Gasteiger partial charge in [0, 0.05) is 17.1 Å². The van der Waals surface area contributed by atoms with E-state index in [0.29, 0.717) is 28.8 Å². The van der Waals surface area contributed by atoms with Crippen LogP contribution in [0.1, 0.15) is 15.9 Å². The van der Waals surface area contributed by atoms with Crippen molar-refractivity contribution >= 4 is 29.1 Å². The Morgan fingerprint density at radius 2 is 1.81 bits per heavy atom. The number of hydrogen-bond acceptors (Lipinski definition) is 5. The number of anilines is 2. The molecule has 0 fully saturated rings. The highest BCUT2D eigenvalue weighted by Crippen LogP contribution is 2.18. The van der Waals surface area contributed by atoms with E-state index in [1.54, 1.807) is 43.5 Å². The van der Waals surface area contributed by atoms with Crippen LogP contribution in [-0.2, 0) is 6.42 Å². The fourth-order valence-corrected chi connectivity index (χ4v) is 2.74. The van der Waals surface area contributed by atoms with Crippen LogP contribution in [0, 0.1) is 0 Å². The van der Waals surface area contributed by atoms with Crippen LogP contribution in [0.4, 0.5) is 11.6 Å². The van der Waals surface area contributed by atoms with Gasteiger partial charge in [-0.25, -0.2) is 0 Å². The van der Waals surface area contributed by atoms with Crippen LogP contribution in [0.3, 0.4) is 0 Å². The molecule has 0 aliphatic carbocycles. The fourth-order valence-electron chi connectivity index (χ4n) is 2.55. The molecular formula is C20H19ClN4O2. The maximum Gasteiger partial charge on any atom is 0.256 e. The third-order valence-electron chi connectivity index (χ3n) is 3.89. The van der Waals surface area contributed by atoms with Gasteiger partial charge in [0.05, 0.1) is 7.11 Å². The largest absolute Gasteiger partial charge is 0.496 e. The van der Waals surface area contributed by atoms with Gasteiger partial charge in [0.2, 0.25) is 0 Å². The molecule has 1 amide bonds. The Morgan fingerprint density at radius 3 is 2.56 bits per heavy atom. The summed E-state index contributed by atoms with van der Waals surface area (Å²) in [6, 6.07) is 18.1. The molecule has 6 nitrogen and oxygen atoms in total. The lowest BCUT2D eigenvalue weighted by atomic mass is 10.1. The first-order chi connectivity index (χ1) is 13.2. The second-order valence-corrected chi connectivity index (χ2v) is 6.19. The normalized spacial score (nSPS) is 10.3. The van der Waals surface area contributed by atoms with Gasteiger partial charge < -0.3 is 15.4 Å². The van der Waals surface area contributed by atoms with Crippen molar-refractivity contribution in [3.63, 3.8) is 0 Å². The summed E-state index contributed by atoms with van der Waals surface area (Å²) in [5.74, 6) is 1.58. The lowest BCUT2D eigenvalue weighted by Crippen LogP contribution is -2.14. The molecule has 0 spiro atoms. The van der Waals surface area contributed by atoms with Gasteiger partial charge >= 0.3 is 0 Å². The van der Waals surface area contributed by atoms with Gasteiger partial charge in [-0.05, 0) is 48.4 Å². The van der Waals surface area contributed by atoms with Crippen LogP contribution >= 0.6 is 11.6 Å². The standard InChI is InChI=1S/C20H19ClN4O2/c1-27-17-8-3-2-5-14(17)11-12-22-18-9-10-19(25-24-18)23-20(26)15-6-4-7-16(21)13-15/h2-10,13H,11-12H2,1H3,(H,22,24)(H,23,25,26). The minimum absolute atomic E-state index is 0.288. The molecule has 7 heteroatoms. The van der Waals surface area contributed by atoms with Gasteiger partial charge in [0.25, 0.3) is 5.91 Å². The number of nitrogens with one attached hydrogen (secondary N) is 2. The highest BCUT2D eigenvalue weighted by atomic mass is 35.5. The molecule has 3 aromatic rings. The average molecular weight is 383 g/mol. The number of rotatable bonds is 7. The maximum atomic E-state index is 12.2. The Bertz CT molecular complexity index is 916. The number of carbonyl (C=O) groups is 1. The maximum absolute atomic E-state index is 12.2. The first kappa shape index (κ1) is 18.7. The van der Waals surface area contributed by atoms with Gasteiger partial charge in [-0.15, -0.1) is 10.2 Å². The van der Waals surface area contributed by atoms with Crippen molar-refractivity contribution in [2.75, 3.05) is 24.3 Å². The zero-order chi connectivity index (χ0) is 19.1. The van der Waals surface area contributed by atoms with Crippen LogP contribution in [0.5, 0.6) is 5.75 Å². The monoisotopic (exact) mass is 382 g/mol. The molecule has 2 aromatic carbocycles. The van der Waals surface area contributed by atoms with Crippen LogP contribution in [-0.4, -0.2) is 29.8 Å². The summed E-state index contributed by atoms with van der Waals surface area (Å²) in [4.78, 5) is 12.2. The number of benzene rings is 2. The van der Waals surface area contributed by atoms with Crippen molar-refractivity contribution in [2.45, 2.75) is 6.42 Å². The minimum Gasteiger partial charge on any atom is -0.496 e. The van der Waals surface area contributed by atoms with Crippen LogP contribution in [0.2, 0.25) is 5.02 Å². The van der Waals surface area contributed by atoms with Crippen molar-refractivity contribution in [3.8, 4) is 5.75 Å². The lowest BCUT2D eigenvalue weighted by Gasteiger charge is -2.09. The Hall–Kier alpha value is -3.12. The Morgan fingerprint density at radius 1 is 1.04 bits per heavy atom. The minimum atomic E-state index is -0.288. The topological polar surface area (TPSA) is 76.1 Å². The molecule has 2 N–H and O–H groups in total. The molecule has 1 heterocycles. The van der Waals surface area contributed by atoms with E-state index in [1.165, 1.54) is 0 Å². The van der Waals surface area contributed by atoms with E-state index < -0.39 is 0 Å². The first-order valence-electron chi connectivity index (χ1n) is 8.42. The SMILES string of the molecule is COc1ccccc1CCNc1ccc(NC(=O)c2cccc(Cl)c2)nn1. The third kappa shape index (κ3) is 5.18. The summed E-state index contributed by atoms with van der Waals surface area (Å²) in [7, 11) is 1.66. The number of carbonyl (C=O) groups excluding carboxylic acids is 1. The average Bonchev–Trinajstić information content (AvgIpc) is 2.69. The smallest absolute Gasteiger partial charge is 0.256 e. The molecule has 3 rings (SSSR count). The molecule has 0 radical (unpaired) electrons. The highest BCUT2D eigenvalue weighted by molar-refractivity contribution is 6.31. The number of amides is 1. The van der Waals surface area contributed by atoms with Crippen molar-refractivity contribution in [1.29, 1.82) is 0 Å². The second kappa shape index (κ2) is 9.00. The first-order valence-corrected chi connectivity index (χ1v) is 8.80. The number of methoxy groups -OCH3 is 1. The molecule has 1 aromatic heterocycles. The molecule has 27 heavy (non-hydrogen) atoms. The van der Waals surface area contributed by atoms with E-state index in [2.05, 4.69) is 20.8 Å². The molecule has 0 saturated carbocycles. The van der Waals surface area contributed by atoms with Crippen LogP contribution < -0.4 is 15.4 Å². The van der Waals surface area contributed by atoms with Crippen molar-refractivity contribution in [2.24, 2.45) is 0 Å². The Kier molecular flexibility index (Phi) is 6.22. The number of halogens is 1. The van der Waals surface area contributed by atoms with Gasteiger partial charge in [0.1, 0.15) is 11.6 Å². The molecule has 0 aliphatic rings. The van der Waals surface area contributed by atoms with E-state index in [9.17, 15) is 4.79 Å². The Labute approximate surface area is 162 Å². The zero-order valence-electron chi connectivity index (χ0n) is 14.8. The van der Waals surface area contributed by atoms with E-state index in [0.717, 1.165) is 17.7 Å². The molecular weight excluding hydrogens is 364 g/mol. The summed E-state index contributed by atoms with van der Waals surface area (Å²) in [5.41, 5.74) is 1.58. The number of para-hydroxylation sites is 1. The van der Waals surface area contributed by atoms with Gasteiger partial charge in [-0.3, -0.25) is 4.79 Å². The third-order valence-corrected chi connectivity index (χ3v) is 4.12. The van der Waals surface area contributed by atoms with Crippen LogP contribution in [0.25, 0.3) is 0 Å². The molecule has 0 bridgehead atoms. The molecule has 0 atom stereocenters. The second-order valence-electron chi connectivity index (χ2n) is 5.76. The fraction of sp³-hybridized carbons (Fsp3) is 0.150. The predicted octanol–water partition coefficient (Wildman–Crippen LogP) is 4.05. The Balaban J connectivity index is 1.53. The van der Waals surface area contributed by atoms with E-state index in [1.807, 2.05) is 24.3 Å². The summed E-state index contributed by atoms with van der Waals surface area (Å²) < 4.78 is 5.34. The van der Waals surface area contributed by atoms with Gasteiger partial charge in [-0.2, -0.15) is 0 Å². The summed E-state index contributed by atoms with van der Waals surface area (Å²) >= 11 is 5.90. The predicted molar refractivity (Wildman–Crippen MR) is 107 cm³/mol. The number of ether oxygens (including phenoxy) is 1. The quantitative estimate of drug-likeness (QED) is 0.644.